The summed E-state index contributed by atoms with van der Waals surface area (Å²) < 4.78 is 0. The van der Waals surface area contributed by atoms with Crippen LogP contribution in [-0.2, 0) is 6.42 Å². The zero-order valence-corrected chi connectivity index (χ0v) is 12.4. The summed E-state index contributed by atoms with van der Waals surface area (Å²) in [6, 6.07) is 17.0. The van der Waals surface area contributed by atoms with E-state index in [0.717, 1.165) is 23.1 Å². The predicted octanol–water partition coefficient (Wildman–Crippen LogP) is 4.37. The lowest BCUT2D eigenvalue weighted by Crippen LogP contribution is -2.08. The predicted molar refractivity (Wildman–Crippen MR) is 87.4 cm³/mol. The van der Waals surface area contributed by atoms with E-state index in [1.54, 1.807) is 6.33 Å². The lowest BCUT2D eigenvalue weighted by atomic mass is 10.1. The monoisotopic (exact) mass is 277 g/mol. The maximum absolute atomic E-state index is 4.43. The molecule has 0 radical (unpaired) electrons. The van der Waals surface area contributed by atoms with Gasteiger partial charge in [0.15, 0.2) is 0 Å². The van der Waals surface area contributed by atoms with Crippen LogP contribution >= 0.6 is 0 Å². The van der Waals surface area contributed by atoms with Crippen LogP contribution in [0.15, 0.2) is 54.9 Å². The summed E-state index contributed by atoms with van der Waals surface area (Å²) in [4.78, 5) is 8.77. The molecule has 1 aromatic heterocycles. The second kappa shape index (κ2) is 5.92. The van der Waals surface area contributed by atoms with Crippen molar-refractivity contribution in [2.45, 2.75) is 26.3 Å². The van der Waals surface area contributed by atoms with Crippen molar-refractivity contribution in [1.29, 1.82) is 0 Å². The number of hydrogen-bond acceptors (Lipinski definition) is 3. The van der Waals surface area contributed by atoms with E-state index in [9.17, 15) is 0 Å². The molecule has 0 amide bonds. The molecule has 0 aliphatic heterocycles. The molecule has 0 spiro atoms. The van der Waals surface area contributed by atoms with E-state index in [-0.39, 0.29) is 6.04 Å². The smallest absolute Gasteiger partial charge is 0.137 e. The van der Waals surface area contributed by atoms with Gasteiger partial charge in [-0.2, -0.15) is 0 Å². The molecule has 3 aromatic rings. The lowest BCUT2D eigenvalue weighted by molar-refractivity contribution is 0.876. The van der Waals surface area contributed by atoms with Crippen molar-refractivity contribution in [3.05, 3.63) is 66.0 Å². The summed E-state index contributed by atoms with van der Waals surface area (Å²) >= 11 is 0. The van der Waals surface area contributed by atoms with Crippen LogP contribution in [0.3, 0.4) is 0 Å². The van der Waals surface area contributed by atoms with Crippen LogP contribution in [-0.4, -0.2) is 9.97 Å². The normalized spacial score (nSPS) is 12.3. The number of nitrogens with one attached hydrogen (secondary N) is 1. The molecule has 3 nitrogen and oxygen atoms in total. The van der Waals surface area contributed by atoms with Gasteiger partial charge < -0.3 is 5.32 Å². The first kappa shape index (κ1) is 13.6. The second-order valence-corrected chi connectivity index (χ2v) is 5.20. The number of benzene rings is 2. The van der Waals surface area contributed by atoms with Crippen molar-refractivity contribution < 1.29 is 0 Å². The van der Waals surface area contributed by atoms with Gasteiger partial charge in [-0.3, -0.25) is 0 Å². The highest BCUT2D eigenvalue weighted by molar-refractivity contribution is 5.89. The van der Waals surface area contributed by atoms with Crippen molar-refractivity contribution in [3.63, 3.8) is 0 Å². The molecular weight excluding hydrogens is 258 g/mol. The number of hydrogen-bond donors (Lipinski definition) is 1. The van der Waals surface area contributed by atoms with E-state index >= 15 is 0 Å². The largest absolute Gasteiger partial charge is 0.363 e. The maximum atomic E-state index is 4.43. The number of rotatable bonds is 4. The number of aryl methyl sites for hydroxylation is 1. The Balaban J connectivity index is 1.96. The molecule has 1 N–H and O–H groups in total. The van der Waals surface area contributed by atoms with Crippen molar-refractivity contribution in [1.82, 2.24) is 9.97 Å². The number of aromatic nitrogens is 2. The lowest BCUT2D eigenvalue weighted by Gasteiger charge is -2.16. The van der Waals surface area contributed by atoms with Crippen molar-refractivity contribution in [3.8, 4) is 0 Å². The third-order valence-corrected chi connectivity index (χ3v) is 3.76. The van der Waals surface area contributed by atoms with Gasteiger partial charge in [0, 0.05) is 11.4 Å². The van der Waals surface area contributed by atoms with E-state index in [0.29, 0.717) is 0 Å². The maximum Gasteiger partial charge on any atom is 0.137 e. The summed E-state index contributed by atoms with van der Waals surface area (Å²) in [5.41, 5.74) is 3.52. The van der Waals surface area contributed by atoms with Gasteiger partial charge in [0.2, 0.25) is 0 Å². The summed E-state index contributed by atoms with van der Waals surface area (Å²) in [6.45, 7) is 4.30. The molecule has 0 saturated carbocycles. The zero-order chi connectivity index (χ0) is 14.7. The fraction of sp³-hybridized carbons (Fsp3) is 0.222. The second-order valence-electron chi connectivity index (χ2n) is 5.20. The standard InChI is InChI=1S/C18H19N3/c1-3-14-9-10-17-16(11-14)18(20-12-19-17)21-13(2)15-7-5-4-6-8-15/h4-13H,3H2,1-2H3,(H,19,20,21)/t13-/m1/s1. The van der Waals surface area contributed by atoms with Gasteiger partial charge in [-0.05, 0) is 36.6 Å². The van der Waals surface area contributed by atoms with Gasteiger partial charge in [-0.25, -0.2) is 9.97 Å². The number of fused-ring (bicyclic) bond motifs is 1. The van der Waals surface area contributed by atoms with Gasteiger partial charge in [0.05, 0.1) is 5.52 Å². The van der Waals surface area contributed by atoms with Crippen LogP contribution in [0.1, 0.15) is 31.0 Å². The Hall–Kier alpha value is -2.42. The molecule has 0 aliphatic rings. The molecular formula is C18H19N3. The van der Waals surface area contributed by atoms with Crippen LogP contribution in [0.4, 0.5) is 5.82 Å². The highest BCUT2D eigenvalue weighted by atomic mass is 15.0. The Bertz CT molecular complexity index is 738. The van der Waals surface area contributed by atoms with Gasteiger partial charge in [-0.15, -0.1) is 0 Å². The Kier molecular flexibility index (Phi) is 3.82. The average molecular weight is 277 g/mol. The molecule has 0 saturated heterocycles. The van der Waals surface area contributed by atoms with E-state index in [4.69, 9.17) is 0 Å². The Morgan fingerprint density at radius 3 is 2.62 bits per heavy atom. The van der Waals surface area contributed by atoms with E-state index in [1.807, 2.05) is 6.07 Å². The molecule has 0 bridgehead atoms. The molecule has 0 aliphatic carbocycles. The van der Waals surface area contributed by atoms with Crippen LogP contribution in [0.25, 0.3) is 10.9 Å². The fourth-order valence-corrected chi connectivity index (χ4v) is 2.47. The summed E-state index contributed by atoms with van der Waals surface area (Å²) in [7, 11) is 0. The molecule has 1 heterocycles. The average Bonchev–Trinajstić information content (AvgIpc) is 2.55. The minimum Gasteiger partial charge on any atom is -0.363 e. The zero-order valence-electron chi connectivity index (χ0n) is 12.4. The first-order chi connectivity index (χ1) is 10.3. The quantitative estimate of drug-likeness (QED) is 0.769. The molecule has 3 rings (SSSR count). The highest BCUT2D eigenvalue weighted by Gasteiger charge is 2.09. The number of nitrogens with zero attached hydrogens (tertiary/aromatic N) is 2. The Morgan fingerprint density at radius 1 is 1.05 bits per heavy atom. The Labute approximate surface area is 125 Å². The van der Waals surface area contributed by atoms with Gasteiger partial charge in [0.1, 0.15) is 12.1 Å². The van der Waals surface area contributed by atoms with Crippen LogP contribution in [0, 0.1) is 0 Å². The first-order valence-corrected chi connectivity index (χ1v) is 7.33. The van der Waals surface area contributed by atoms with Gasteiger partial charge in [0.25, 0.3) is 0 Å². The third kappa shape index (κ3) is 2.87. The minimum atomic E-state index is 0.203. The summed E-state index contributed by atoms with van der Waals surface area (Å²) in [5, 5.41) is 4.58. The summed E-state index contributed by atoms with van der Waals surface area (Å²) in [5.74, 6) is 0.895. The van der Waals surface area contributed by atoms with E-state index < -0.39 is 0 Å². The van der Waals surface area contributed by atoms with E-state index in [1.165, 1.54) is 11.1 Å². The third-order valence-electron chi connectivity index (χ3n) is 3.76. The molecule has 1 atom stereocenters. The van der Waals surface area contributed by atoms with Crippen LogP contribution in [0.5, 0.6) is 0 Å². The molecule has 106 valence electrons. The van der Waals surface area contributed by atoms with Gasteiger partial charge in [-0.1, -0.05) is 43.3 Å². The van der Waals surface area contributed by atoms with Crippen LogP contribution < -0.4 is 5.32 Å². The molecule has 0 fully saturated rings. The van der Waals surface area contributed by atoms with Crippen molar-refractivity contribution in [2.24, 2.45) is 0 Å². The minimum absolute atomic E-state index is 0.203. The van der Waals surface area contributed by atoms with Crippen molar-refractivity contribution >= 4 is 16.7 Å². The van der Waals surface area contributed by atoms with Crippen molar-refractivity contribution in [2.75, 3.05) is 5.32 Å². The molecule has 2 aromatic carbocycles. The van der Waals surface area contributed by atoms with Crippen LogP contribution in [0.2, 0.25) is 0 Å². The molecule has 21 heavy (non-hydrogen) atoms. The summed E-state index contributed by atoms with van der Waals surface area (Å²) in [6.07, 6.45) is 2.63. The van der Waals surface area contributed by atoms with Gasteiger partial charge >= 0.3 is 0 Å². The van der Waals surface area contributed by atoms with E-state index in [2.05, 4.69) is 71.6 Å². The molecule has 3 heteroatoms. The first-order valence-electron chi connectivity index (χ1n) is 7.33. The fourth-order valence-electron chi connectivity index (χ4n) is 2.47. The topological polar surface area (TPSA) is 37.8 Å². The molecule has 0 unspecified atom stereocenters. The highest BCUT2D eigenvalue weighted by Crippen LogP contribution is 2.25. The Morgan fingerprint density at radius 2 is 1.86 bits per heavy atom. The number of anilines is 1. The SMILES string of the molecule is CCc1ccc2ncnc(N[C@H](C)c3ccccc3)c2c1.